The normalized spacial score (nSPS) is 48.9. The van der Waals surface area contributed by atoms with E-state index in [1.807, 2.05) is 6.92 Å². The van der Waals surface area contributed by atoms with Crippen molar-refractivity contribution in [3.05, 3.63) is 11.6 Å². The Labute approximate surface area is 149 Å². The van der Waals surface area contributed by atoms with E-state index < -0.39 is 11.6 Å². The second-order valence-electron chi connectivity index (χ2n) is 9.26. The van der Waals surface area contributed by atoms with E-state index in [9.17, 15) is 14.0 Å². The minimum atomic E-state index is -1.26. The maximum atomic E-state index is 14.2. The first-order chi connectivity index (χ1) is 11.8. The van der Waals surface area contributed by atoms with Gasteiger partial charge in [0.1, 0.15) is 6.10 Å². The summed E-state index contributed by atoms with van der Waals surface area (Å²) in [5.41, 5.74) is 1.10. The highest BCUT2D eigenvalue weighted by Crippen LogP contribution is 2.64. The van der Waals surface area contributed by atoms with E-state index in [4.69, 9.17) is 4.74 Å². The summed E-state index contributed by atoms with van der Waals surface area (Å²) in [4.78, 5) is 23.7. The van der Waals surface area contributed by atoms with E-state index in [1.165, 1.54) is 12.5 Å². The van der Waals surface area contributed by atoms with Crippen LogP contribution >= 0.6 is 0 Å². The standard InChI is InChI=1S/C21H29FO3/c1-12(23)25-14-6-8-20(2)13(10-14)4-5-15-16(20)7-9-21(3)17(15)11-18(22)19(21)24/h4,14-18H,5-11H2,1-3H3/t14-,15+,16-,17-,18+,20-,21-/m0/s1. The number of Topliss-reactive ketones (excluding diaryl/α,β-unsaturated/α-hetero) is 1. The third-order valence-electron chi connectivity index (χ3n) is 8.09. The first-order valence-corrected chi connectivity index (χ1v) is 9.81. The van der Waals surface area contributed by atoms with Gasteiger partial charge in [0.25, 0.3) is 0 Å². The van der Waals surface area contributed by atoms with E-state index in [2.05, 4.69) is 13.0 Å². The van der Waals surface area contributed by atoms with Gasteiger partial charge < -0.3 is 4.74 Å². The van der Waals surface area contributed by atoms with Crippen molar-refractivity contribution in [2.75, 3.05) is 0 Å². The number of carbonyl (C=O) groups excluding carboxylic acids is 2. The SMILES string of the molecule is CC(=O)O[C@H]1CC[C@@]2(C)C(=CC[C@@H]3[C@@H]2CC[C@]2(C)C(=O)[C@H](F)C[C@@H]32)C1. The molecule has 0 N–H and O–H groups in total. The number of ketones is 1. The van der Waals surface area contributed by atoms with Crippen molar-refractivity contribution in [3.63, 3.8) is 0 Å². The lowest BCUT2D eigenvalue weighted by atomic mass is 9.48. The summed E-state index contributed by atoms with van der Waals surface area (Å²) in [7, 11) is 0. The highest BCUT2D eigenvalue weighted by molar-refractivity contribution is 5.91. The molecule has 4 aliphatic rings. The molecule has 0 aromatic carbocycles. The topological polar surface area (TPSA) is 43.4 Å². The quantitative estimate of drug-likeness (QED) is 0.521. The van der Waals surface area contributed by atoms with Gasteiger partial charge in [-0.2, -0.15) is 0 Å². The molecule has 0 aliphatic heterocycles. The van der Waals surface area contributed by atoms with Gasteiger partial charge in [-0.1, -0.05) is 25.5 Å². The number of allylic oxidation sites excluding steroid dienone is 1. The Morgan fingerprint density at radius 2 is 1.92 bits per heavy atom. The van der Waals surface area contributed by atoms with E-state index in [-0.39, 0.29) is 29.2 Å². The van der Waals surface area contributed by atoms with Crippen LogP contribution in [0, 0.1) is 28.6 Å². The molecule has 7 atom stereocenters. The Kier molecular flexibility index (Phi) is 3.90. The second kappa shape index (κ2) is 5.65. The summed E-state index contributed by atoms with van der Waals surface area (Å²) in [6.07, 6.45) is 7.06. The fourth-order valence-electron chi connectivity index (χ4n) is 6.71. The van der Waals surface area contributed by atoms with Gasteiger partial charge >= 0.3 is 5.97 Å². The first kappa shape index (κ1) is 17.2. The molecule has 3 fully saturated rings. The molecule has 0 amide bonds. The number of fused-ring (bicyclic) bond motifs is 5. The average molecular weight is 348 g/mol. The lowest BCUT2D eigenvalue weighted by Crippen LogP contribution is -2.50. The van der Waals surface area contributed by atoms with Crippen molar-refractivity contribution in [2.45, 2.75) is 78.0 Å². The molecule has 138 valence electrons. The monoisotopic (exact) mass is 348 g/mol. The molecule has 0 bridgehead atoms. The average Bonchev–Trinajstić information content (AvgIpc) is 2.78. The smallest absolute Gasteiger partial charge is 0.302 e. The van der Waals surface area contributed by atoms with Gasteiger partial charge in [-0.15, -0.1) is 0 Å². The number of ether oxygens (including phenoxy) is 1. The fraction of sp³-hybridized carbons (Fsp3) is 0.810. The Balaban J connectivity index is 1.61. The van der Waals surface area contributed by atoms with Crippen LogP contribution < -0.4 is 0 Å². The molecular formula is C21H29FO3. The van der Waals surface area contributed by atoms with Gasteiger partial charge in [0.2, 0.25) is 0 Å². The van der Waals surface area contributed by atoms with Crippen LogP contribution in [0.3, 0.4) is 0 Å². The third kappa shape index (κ3) is 2.43. The predicted octanol–water partition coefficient (Wildman–Crippen LogP) is 4.40. The van der Waals surface area contributed by atoms with Crippen LogP contribution in [0.25, 0.3) is 0 Å². The molecule has 25 heavy (non-hydrogen) atoms. The summed E-state index contributed by atoms with van der Waals surface area (Å²) >= 11 is 0. The number of carbonyl (C=O) groups is 2. The Morgan fingerprint density at radius 3 is 2.64 bits per heavy atom. The van der Waals surface area contributed by atoms with Gasteiger partial charge in [-0.3, -0.25) is 9.59 Å². The predicted molar refractivity (Wildman–Crippen MR) is 92.5 cm³/mol. The summed E-state index contributed by atoms with van der Waals surface area (Å²) < 4.78 is 19.7. The summed E-state index contributed by atoms with van der Waals surface area (Å²) in [5, 5.41) is 0. The lowest BCUT2D eigenvalue weighted by molar-refractivity contribution is -0.148. The van der Waals surface area contributed by atoms with Crippen molar-refractivity contribution in [1.29, 1.82) is 0 Å². The van der Waals surface area contributed by atoms with Gasteiger partial charge in [0.05, 0.1) is 0 Å². The van der Waals surface area contributed by atoms with Gasteiger partial charge in [-0.05, 0) is 61.7 Å². The van der Waals surface area contributed by atoms with Crippen LogP contribution in [0.15, 0.2) is 11.6 Å². The van der Waals surface area contributed by atoms with Crippen LogP contribution in [-0.4, -0.2) is 24.0 Å². The summed E-state index contributed by atoms with van der Waals surface area (Å²) in [5.74, 6) is 0.795. The number of hydrogen-bond donors (Lipinski definition) is 0. The Morgan fingerprint density at radius 1 is 1.20 bits per heavy atom. The maximum absolute atomic E-state index is 14.2. The van der Waals surface area contributed by atoms with Crippen LogP contribution in [0.2, 0.25) is 0 Å². The third-order valence-corrected chi connectivity index (χ3v) is 8.09. The number of rotatable bonds is 1. The van der Waals surface area contributed by atoms with Crippen molar-refractivity contribution < 1.29 is 18.7 Å². The molecule has 4 rings (SSSR count). The molecule has 4 heteroatoms. The van der Waals surface area contributed by atoms with Crippen LogP contribution in [0.5, 0.6) is 0 Å². The number of hydrogen-bond acceptors (Lipinski definition) is 3. The molecule has 0 saturated heterocycles. The van der Waals surface area contributed by atoms with E-state index in [0.29, 0.717) is 18.3 Å². The highest BCUT2D eigenvalue weighted by Gasteiger charge is 2.61. The summed E-state index contributed by atoms with van der Waals surface area (Å²) in [6.45, 7) is 5.84. The van der Waals surface area contributed by atoms with Crippen molar-refractivity contribution in [1.82, 2.24) is 0 Å². The molecule has 3 nitrogen and oxygen atoms in total. The van der Waals surface area contributed by atoms with E-state index in [1.54, 1.807) is 0 Å². The van der Waals surface area contributed by atoms with Crippen molar-refractivity contribution >= 4 is 11.8 Å². The molecule has 3 saturated carbocycles. The fourth-order valence-corrected chi connectivity index (χ4v) is 6.71. The first-order valence-electron chi connectivity index (χ1n) is 9.81. The molecule has 0 aromatic rings. The number of alkyl halides is 1. The zero-order valence-electron chi connectivity index (χ0n) is 15.5. The van der Waals surface area contributed by atoms with Crippen LogP contribution in [-0.2, 0) is 14.3 Å². The van der Waals surface area contributed by atoms with E-state index in [0.717, 1.165) is 38.5 Å². The molecular weight excluding hydrogens is 319 g/mol. The molecule has 0 aromatic heterocycles. The lowest BCUT2D eigenvalue weighted by Gasteiger charge is -2.56. The zero-order valence-corrected chi connectivity index (χ0v) is 15.5. The Bertz CT molecular complexity index is 641. The maximum Gasteiger partial charge on any atom is 0.302 e. The molecule has 0 heterocycles. The van der Waals surface area contributed by atoms with Gasteiger partial charge in [0.15, 0.2) is 12.0 Å². The molecule has 0 unspecified atom stereocenters. The number of halogens is 1. The van der Waals surface area contributed by atoms with Crippen LogP contribution in [0.1, 0.15) is 65.7 Å². The molecule has 0 spiro atoms. The van der Waals surface area contributed by atoms with Gasteiger partial charge in [0, 0.05) is 18.8 Å². The largest absolute Gasteiger partial charge is 0.462 e. The highest BCUT2D eigenvalue weighted by atomic mass is 19.1. The van der Waals surface area contributed by atoms with E-state index >= 15 is 0 Å². The zero-order chi connectivity index (χ0) is 18.0. The summed E-state index contributed by atoms with van der Waals surface area (Å²) in [6, 6.07) is 0. The minimum absolute atomic E-state index is 0.00510. The van der Waals surface area contributed by atoms with Crippen LogP contribution in [0.4, 0.5) is 4.39 Å². The molecule has 4 aliphatic carbocycles. The van der Waals surface area contributed by atoms with Gasteiger partial charge in [-0.25, -0.2) is 4.39 Å². The Hall–Kier alpha value is -1.19. The van der Waals surface area contributed by atoms with Crippen molar-refractivity contribution in [3.8, 4) is 0 Å². The number of esters is 1. The second-order valence-corrected chi connectivity index (χ2v) is 9.26. The van der Waals surface area contributed by atoms with Crippen molar-refractivity contribution in [2.24, 2.45) is 28.6 Å². The molecule has 0 radical (unpaired) electrons. The minimum Gasteiger partial charge on any atom is -0.462 e.